The van der Waals surface area contributed by atoms with Crippen LogP contribution in [0, 0.1) is 5.82 Å². The molecule has 3 aromatic rings. The molecule has 0 atom stereocenters. The summed E-state index contributed by atoms with van der Waals surface area (Å²) >= 11 is 12.2. The van der Waals surface area contributed by atoms with E-state index in [4.69, 9.17) is 43.5 Å². The number of nitrogens with zero attached hydrogens (tertiary/aromatic N) is 4. The number of ether oxygens (including phenoxy) is 2. The van der Waals surface area contributed by atoms with E-state index < -0.39 is 11.4 Å². The average molecular weight is 550 g/mol. The van der Waals surface area contributed by atoms with Gasteiger partial charge in [0.2, 0.25) is 0 Å². The normalized spacial score (nSPS) is 14.6. The Kier molecular flexibility index (Phi) is 8.14. The lowest BCUT2D eigenvalue weighted by Gasteiger charge is -2.33. The number of carbonyl (C=O) groups excluding carboxylic acids is 1. The van der Waals surface area contributed by atoms with Gasteiger partial charge in [-0.25, -0.2) is 14.2 Å². The first kappa shape index (κ1) is 27.0. The van der Waals surface area contributed by atoms with Crippen LogP contribution < -0.4 is 10.5 Å². The predicted octanol–water partition coefficient (Wildman–Crippen LogP) is 6.17. The predicted molar refractivity (Wildman–Crippen MR) is 142 cm³/mol. The quantitative estimate of drug-likeness (QED) is 0.369. The standard InChI is InChI=1S/C26H30Cl2FN5O3/c1-26(2,3)37-25(35)33-10-6-17(7-11-33)34-12-8-21(32-34)16-14-22(24(30)31-15-16)36-13-9-18-19(27)4-5-20(29)23(18)28/h4-5,8,12,14-15,17H,6-7,9-11,13H2,1-3H3,(H2,30,31). The van der Waals surface area contributed by atoms with Gasteiger partial charge in [0.05, 0.1) is 23.4 Å². The molecule has 0 unspecified atom stereocenters. The summed E-state index contributed by atoms with van der Waals surface area (Å²) in [7, 11) is 0. The highest BCUT2D eigenvalue weighted by Gasteiger charge is 2.28. The van der Waals surface area contributed by atoms with Crippen molar-refractivity contribution in [3.8, 4) is 17.0 Å². The number of pyridine rings is 1. The zero-order valence-electron chi connectivity index (χ0n) is 21.0. The maximum Gasteiger partial charge on any atom is 0.410 e. The largest absolute Gasteiger partial charge is 0.489 e. The minimum absolute atomic E-state index is 0.0154. The molecule has 2 N–H and O–H groups in total. The van der Waals surface area contributed by atoms with Crippen LogP contribution in [-0.4, -0.2) is 51.1 Å². The van der Waals surface area contributed by atoms with E-state index in [2.05, 4.69) is 4.98 Å². The number of hydrogen-bond acceptors (Lipinski definition) is 6. The highest BCUT2D eigenvalue weighted by molar-refractivity contribution is 6.36. The first-order chi connectivity index (χ1) is 17.5. The van der Waals surface area contributed by atoms with Gasteiger partial charge in [0.15, 0.2) is 11.6 Å². The minimum atomic E-state index is -0.532. The van der Waals surface area contributed by atoms with Gasteiger partial charge in [-0.15, -0.1) is 0 Å². The number of anilines is 1. The highest BCUT2D eigenvalue weighted by atomic mass is 35.5. The summed E-state index contributed by atoms with van der Waals surface area (Å²) in [6.07, 6.45) is 5.14. The fraction of sp³-hybridized carbons (Fsp3) is 0.423. The summed E-state index contributed by atoms with van der Waals surface area (Å²) in [5.74, 6) is 0.0887. The molecular weight excluding hydrogens is 520 g/mol. The topological polar surface area (TPSA) is 95.5 Å². The molecule has 0 aliphatic carbocycles. The number of carbonyl (C=O) groups is 1. The molecule has 8 nitrogen and oxygen atoms in total. The zero-order chi connectivity index (χ0) is 26.7. The third-order valence-electron chi connectivity index (χ3n) is 6.02. The Morgan fingerprint density at radius 3 is 2.65 bits per heavy atom. The molecule has 11 heteroatoms. The third kappa shape index (κ3) is 6.64. The molecule has 1 saturated heterocycles. The summed E-state index contributed by atoms with van der Waals surface area (Å²) in [5.41, 5.74) is 7.44. The molecule has 1 aromatic carbocycles. The van der Waals surface area contributed by atoms with E-state index in [1.807, 2.05) is 37.7 Å². The molecule has 1 amide bonds. The number of benzene rings is 1. The Bertz CT molecular complexity index is 1270. The lowest BCUT2D eigenvalue weighted by Crippen LogP contribution is -2.42. The molecule has 4 rings (SSSR count). The van der Waals surface area contributed by atoms with Gasteiger partial charge in [-0.05, 0) is 63.4 Å². The van der Waals surface area contributed by atoms with Gasteiger partial charge < -0.3 is 20.1 Å². The number of hydrogen-bond donors (Lipinski definition) is 1. The van der Waals surface area contributed by atoms with Crippen LogP contribution in [0.15, 0.2) is 36.7 Å². The van der Waals surface area contributed by atoms with Crippen molar-refractivity contribution in [1.82, 2.24) is 19.7 Å². The second-order valence-corrected chi connectivity index (χ2v) is 10.7. The van der Waals surface area contributed by atoms with Crippen LogP contribution in [0.25, 0.3) is 11.3 Å². The first-order valence-electron chi connectivity index (χ1n) is 12.1. The molecule has 0 radical (unpaired) electrons. The van der Waals surface area contributed by atoms with E-state index in [-0.39, 0.29) is 29.6 Å². The molecule has 0 bridgehead atoms. The average Bonchev–Trinajstić information content (AvgIpc) is 3.34. The van der Waals surface area contributed by atoms with Crippen molar-refractivity contribution in [3.63, 3.8) is 0 Å². The molecule has 2 aromatic heterocycles. The van der Waals surface area contributed by atoms with E-state index >= 15 is 0 Å². The SMILES string of the molecule is CC(C)(C)OC(=O)N1CCC(n2ccc(-c3cnc(N)c(OCCc4c(Cl)ccc(F)c4Cl)c3)n2)CC1. The summed E-state index contributed by atoms with van der Waals surface area (Å²) in [6.45, 7) is 6.98. The summed E-state index contributed by atoms with van der Waals surface area (Å²) < 4.78 is 27.0. The van der Waals surface area contributed by atoms with Gasteiger partial charge in [-0.3, -0.25) is 4.68 Å². The van der Waals surface area contributed by atoms with E-state index in [9.17, 15) is 9.18 Å². The Morgan fingerprint density at radius 2 is 1.95 bits per heavy atom. The fourth-order valence-electron chi connectivity index (χ4n) is 4.11. The van der Waals surface area contributed by atoms with Gasteiger partial charge in [0.25, 0.3) is 0 Å². The zero-order valence-corrected chi connectivity index (χ0v) is 22.5. The minimum Gasteiger partial charge on any atom is -0.489 e. The smallest absolute Gasteiger partial charge is 0.410 e. The van der Waals surface area contributed by atoms with Crippen molar-refractivity contribution >= 4 is 35.1 Å². The summed E-state index contributed by atoms with van der Waals surface area (Å²) in [6, 6.07) is 6.54. The van der Waals surface area contributed by atoms with Gasteiger partial charge in [0, 0.05) is 42.5 Å². The maximum atomic E-state index is 13.8. The maximum absolute atomic E-state index is 13.8. The molecule has 1 fully saturated rings. The van der Waals surface area contributed by atoms with Crippen LogP contribution in [0.3, 0.4) is 0 Å². The summed E-state index contributed by atoms with van der Waals surface area (Å²) in [4.78, 5) is 18.3. The van der Waals surface area contributed by atoms with Crippen molar-refractivity contribution in [2.75, 3.05) is 25.4 Å². The third-order valence-corrected chi connectivity index (χ3v) is 6.79. The van der Waals surface area contributed by atoms with Gasteiger partial charge in [-0.1, -0.05) is 23.2 Å². The van der Waals surface area contributed by atoms with Crippen molar-refractivity contribution in [1.29, 1.82) is 0 Å². The van der Waals surface area contributed by atoms with Crippen molar-refractivity contribution in [3.05, 3.63) is 58.1 Å². The number of nitrogen functional groups attached to an aromatic ring is 1. The first-order valence-corrected chi connectivity index (χ1v) is 12.8. The van der Waals surface area contributed by atoms with Gasteiger partial charge in [0.1, 0.15) is 11.4 Å². The Morgan fingerprint density at radius 1 is 1.22 bits per heavy atom. The molecule has 1 aliphatic rings. The lowest BCUT2D eigenvalue weighted by molar-refractivity contribution is 0.0185. The number of halogens is 3. The molecule has 3 heterocycles. The number of amides is 1. The number of aromatic nitrogens is 3. The van der Waals surface area contributed by atoms with Crippen molar-refractivity contribution in [2.24, 2.45) is 0 Å². The number of piperidine rings is 1. The molecule has 0 spiro atoms. The van der Waals surface area contributed by atoms with Crippen LogP contribution in [0.4, 0.5) is 15.0 Å². The second kappa shape index (κ2) is 11.1. The molecular formula is C26H30Cl2FN5O3. The summed E-state index contributed by atoms with van der Waals surface area (Å²) in [5, 5.41) is 5.09. The fourth-order valence-corrected chi connectivity index (χ4v) is 4.67. The Balaban J connectivity index is 1.38. The Hall–Kier alpha value is -3.04. The monoisotopic (exact) mass is 549 g/mol. The van der Waals surface area contributed by atoms with Crippen LogP contribution >= 0.6 is 23.2 Å². The van der Waals surface area contributed by atoms with Crippen molar-refractivity contribution in [2.45, 2.75) is 51.7 Å². The lowest BCUT2D eigenvalue weighted by atomic mass is 10.1. The highest BCUT2D eigenvalue weighted by Crippen LogP contribution is 2.30. The van der Waals surface area contributed by atoms with Crippen LogP contribution in [0.2, 0.25) is 10.0 Å². The van der Waals surface area contributed by atoms with Crippen LogP contribution in [-0.2, 0) is 11.2 Å². The van der Waals surface area contributed by atoms with E-state index in [0.29, 0.717) is 35.8 Å². The molecule has 0 saturated carbocycles. The van der Waals surface area contributed by atoms with Crippen molar-refractivity contribution < 1.29 is 18.7 Å². The number of rotatable bonds is 6. The van der Waals surface area contributed by atoms with Gasteiger partial charge in [-0.2, -0.15) is 5.10 Å². The number of nitrogens with two attached hydrogens (primary N) is 1. The van der Waals surface area contributed by atoms with Gasteiger partial charge >= 0.3 is 6.09 Å². The molecule has 198 valence electrons. The van der Waals surface area contributed by atoms with Crippen LogP contribution in [0.1, 0.15) is 45.2 Å². The molecule has 1 aliphatic heterocycles. The number of likely N-dealkylation sites (tertiary alicyclic amines) is 1. The van der Waals surface area contributed by atoms with E-state index in [1.165, 1.54) is 12.1 Å². The Labute approximate surface area is 225 Å². The molecule has 37 heavy (non-hydrogen) atoms. The second-order valence-electron chi connectivity index (χ2n) is 9.91. The van der Waals surface area contributed by atoms with Crippen LogP contribution in [0.5, 0.6) is 5.75 Å². The van der Waals surface area contributed by atoms with E-state index in [1.54, 1.807) is 17.2 Å². The van der Waals surface area contributed by atoms with E-state index in [0.717, 1.165) is 24.1 Å².